The van der Waals surface area contributed by atoms with Gasteiger partial charge in [-0.15, -0.1) is 0 Å². The molecule has 0 fully saturated rings. The van der Waals surface area contributed by atoms with Gasteiger partial charge in [-0.1, -0.05) is 29.8 Å². The van der Waals surface area contributed by atoms with Gasteiger partial charge in [-0.3, -0.25) is 10.1 Å². The third-order valence-electron chi connectivity index (χ3n) is 2.08. The lowest BCUT2D eigenvalue weighted by molar-refractivity contribution is -0.384. The van der Waals surface area contributed by atoms with Gasteiger partial charge in [0, 0.05) is 23.7 Å². The van der Waals surface area contributed by atoms with Gasteiger partial charge in [0.25, 0.3) is 5.69 Å². The molecular weight excluding hydrogens is 315 g/mol. The fraction of sp³-hybridized carbons (Fsp3) is 0.200. The molecule has 6 nitrogen and oxygen atoms in total. The summed E-state index contributed by atoms with van der Waals surface area (Å²) in [5, 5.41) is 10.6. The maximum Gasteiger partial charge on any atom is 0.270 e. The van der Waals surface area contributed by atoms with Crippen molar-refractivity contribution in [2.24, 2.45) is 0 Å². The monoisotopic (exact) mass is 324 g/mol. The van der Waals surface area contributed by atoms with E-state index in [0.29, 0.717) is 5.56 Å². The highest BCUT2D eigenvalue weighted by Gasteiger charge is 2.14. The van der Waals surface area contributed by atoms with E-state index in [9.17, 15) is 18.5 Å². The number of hydrogen-bond acceptors (Lipinski definition) is 4. The van der Waals surface area contributed by atoms with Gasteiger partial charge in [0.15, 0.2) is 0 Å². The molecule has 1 N–H and O–H groups in total. The highest BCUT2D eigenvalue weighted by atomic mass is 35.5. The Morgan fingerprint density at radius 3 is 2.58 bits per heavy atom. The molecule has 0 amide bonds. The van der Waals surface area contributed by atoms with Crippen LogP contribution in [-0.2, 0) is 16.6 Å². The van der Waals surface area contributed by atoms with Crippen molar-refractivity contribution in [3.8, 4) is 0 Å². The first-order chi connectivity index (χ1) is 8.71. The van der Waals surface area contributed by atoms with Gasteiger partial charge in [0.2, 0.25) is 10.0 Å². The molecule has 0 atom stereocenters. The average molecular weight is 325 g/mol. The third-order valence-corrected chi connectivity index (χ3v) is 4.03. The van der Waals surface area contributed by atoms with Crippen molar-refractivity contribution in [3.63, 3.8) is 0 Å². The molecule has 0 saturated heterocycles. The zero-order chi connectivity index (χ0) is 14.6. The molecule has 1 aromatic rings. The summed E-state index contributed by atoms with van der Waals surface area (Å²) in [7, 11) is -3.60. The van der Waals surface area contributed by atoms with Crippen molar-refractivity contribution in [2.75, 3.05) is 5.75 Å². The van der Waals surface area contributed by atoms with Crippen molar-refractivity contribution in [3.05, 3.63) is 50.5 Å². The molecule has 9 heteroatoms. The summed E-state index contributed by atoms with van der Waals surface area (Å²) in [6, 6.07) is 3.79. The highest BCUT2D eigenvalue weighted by Crippen LogP contribution is 2.22. The Kier molecular flexibility index (Phi) is 5.30. The molecule has 0 aliphatic carbocycles. The van der Waals surface area contributed by atoms with Crippen LogP contribution in [0.1, 0.15) is 5.56 Å². The molecule has 0 saturated carbocycles. The second kappa shape index (κ2) is 6.33. The number of nitro groups is 1. The van der Waals surface area contributed by atoms with Crippen LogP contribution in [0, 0.1) is 10.1 Å². The van der Waals surface area contributed by atoms with Gasteiger partial charge in [0.1, 0.15) is 0 Å². The van der Waals surface area contributed by atoms with Gasteiger partial charge in [0.05, 0.1) is 15.7 Å². The van der Waals surface area contributed by atoms with Crippen LogP contribution in [0.3, 0.4) is 0 Å². The van der Waals surface area contributed by atoms with Crippen molar-refractivity contribution >= 4 is 38.9 Å². The molecule has 104 valence electrons. The Bertz CT molecular complexity index is 616. The van der Waals surface area contributed by atoms with E-state index in [0.717, 1.165) is 6.07 Å². The lowest BCUT2D eigenvalue weighted by Crippen LogP contribution is -2.26. The van der Waals surface area contributed by atoms with Crippen LogP contribution in [0.5, 0.6) is 0 Å². The number of nitro benzene ring substituents is 1. The number of hydrogen-bond donors (Lipinski definition) is 1. The zero-order valence-corrected chi connectivity index (χ0v) is 11.9. The smallest absolute Gasteiger partial charge is 0.258 e. The Hall–Kier alpha value is -1.15. The number of sulfonamides is 1. The second-order valence-electron chi connectivity index (χ2n) is 3.63. The molecule has 19 heavy (non-hydrogen) atoms. The number of benzene rings is 1. The van der Waals surface area contributed by atoms with Crippen LogP contribution in [0.25, 0.3) is 0 Å². The van der Waals surface area contributed by atoms with Gasteiger partial charge in [-0.2, -0.15) is 0 Å². The van der Waals surface area contributed by atoms with E-state index in [1.807, 2.05) is 0 Å². The zero-order valence-electron chi connectivity index (χ0n) is 9.60. The number of non-ortho nitro benzene ring substituents is 1. The third kappa shape index (κ3) is 5.15. The Morgan fingerprint density at radius 2 is 2.11 bits per heavy atom. The molecule has 1 rings (SSSR count). The average Bonchev–Trinajstić information content (AvgIpc) is 2.25. The van der Waals surface area contributed by atoms with Gasteiger partial charge in [-0.05, 0) is 11.6 Å². The largest absolute Gasteiger partial charge is 0.270 e. The standard InChI is InChI=1S/C10H10Cl2N2O4S/c1-7(11)6-19(17,18)13-5-8-2-3-9(14(15)16)4-10(8)12/h2-4,13H,1,5-6H2. The van der Waals surface area contributed by atoms with Crippen molar-refractivity contribution in [1.82, 2.24) is 4.72 Å². The summed E-state index contributed by atoms with van der Waals surface area (Å²) in [6.45, 7) is 3.21. The number of nitrogens with zero attached hydrogens (tertiary/aromatic N) is 1. The molecule has 0 radical (unpaired) electrons. The Labute approximate surface area is 120 Å². The molecule has 0 aliphatic heterocycles. The van der Waals surface area contributed by atoms with E-state index in [4.69, 9.17) is 23.2 Å². The Morgan fingerprint density at radius 1 is 1.47 bits per heavy atom. The second-order valence-corrected chi connectivity index (χ2v) is 6.38. The number of rotatable bonds is 6. The summed E-state index contributed by atoms with van der Waals surface area (Å²) in [5.41, 5.74) is 0.266. The highest BCUT2D eigenvalue weighted by molar-refractivity contribution is 7.89. The Balaban J connectivity index is 2.79. The lowest BCUT2D eigenvalue weighted by atomic mass is 10.2. The minimum atomic E-state index is -3.60. The van der Waals surface area contributed by atoms with Crippen LogP contribution in [0.4, 0.5) is 5.69 Å². The summed E-state index contributed by atoms with van der Waals surface area (Å²) < 4.78 is 25.3. The molecule has 0 aromatic heterocycles. The molecular formula is C10H10Cl2N2O4S. The van der Waals surface area contributed by atoms with E-state index < -0.39 is 20.7 Å². The predicted molar refractivity (Wildman–Crippen MR) is 73.7 cm³/mol. The SMILES string of the molecule is C=C(Cl)CS(=O)(=O)NCc1ccc([N+](=O)[O-])cc1Cl. The van der Waals surface area contributed by atoms with Crippen LogP contribution in [0.2, 0.25) is 5.02 Å². The van der Waals surface area contributed by atoms with E-state index >= 15 is 0 Å². The maximum atomic E-state index is 11.5. The fourth-order valence-electron chi connectivity index (χ4n) is 1.24. The van der Waals surface area contributed by atoms with Crippen LogP contribution >= 0.6 is 23.2 Å². The van der Waals surface area contributed by atoms with Gasteiger partial charge in [-0.25, -0.2) is 13.1 Å². The topological polar surface area (TPSA) is 89.3 Å². The first kappa shape index (κ1) is 15.9. The number of nitrogens with one attached hydrogen (secondary N) is 1. The normalized spacial score (nSPS) is 11.3. The van der Waals surface area contributed by atoms with E-state index in [1.165, 1.54) is 12.1 Å². The maximum absolute atomic E-state index is 11.5. The molecule has 0 bridgehead atoms. The van der Waals surface area contributed by atoms with E-state index in [2.05, 4.69) is 11.3 Å². The summed E-state index contributed by atoms with van der Waals surface area (Å²) in [6.07, 6.45) is 0. The summed E-state index contributed by atoms with van der Waals surface area (Å²) in [4.78, 5) is 9.93. The van der Waals surface area contributed by atoms with Crippen LogP contribution in [-0.4, -0.2) is 19.1 Å². The molecule has 0 aliphatic rings. The predicted octanol–water partition coefficient (Wildman–Crippen LogP) is 2.42. The lowest BCUT2D eigenvalue weighted by Gasteiger charge is -2.07. The minimum Gasteiger partial charge on any atom is -0.258 e. The summed E-state index contributed by atoms with van der Waals surface area (Å²) in [5.74, 6) is -0.404. The van der Waals surface area contributed by atoms with Crippen molar-refractivity contribution in [2.45, 2.75) is 6.54 Å². The van der Waals surface area contributed by atoms with E-state index in [1.54, 1.807) is 0 Å². The van der Waals surface area contributed by atoms with Crippen LogP contribution in [0.15, 0.2) is 29.8 Å². The van der Waals surface area contributed by atoms with Gasteiger partial charge < -0.3 is 0 Å². The summed E-state index contributed by atoms with van der Waals surface area (Å²) >= 11 is 11.2. The minimum absolute atomic E-state index is 0.0118. The van der Waals surface area contributed by atoms with E-state index in [-0.39, 0.29) is 22.3 Å². The molecule has 0 spiro atoms. The van der Waals surface area contributed by atoms with Crippen LogP contribution < -0.4 is 4.72 Å². The van der Waals surface area contributed by atoms with Gasteiger partial charge >= 0.3 is 0 Å². The first-order valence-corrected chi connectivity index (χ1v) is 7.35. The number of halogens is 2. The van der Waals surface area contributed by atoms with Crippen molar-refractivity contribution in [1.29, 1.82) is 0 Å². The first-order valence-electron chi connectivity index (χ1n) is 4.95. The molecule has 1 aromatic carbocycles. The quantitative estimate of drug-likeness (QED) is 0.642. The fourth-order valence-corrected chi connectivity index (χ4v) is 2.80. The van der Waals surface area contributed by atoms with Crippen molar-refractivity contribution < 1.29 is 13.3 Å². The molecule has 0 unspecified atom stereocenters. The molecule has 0 heterocycles.